The molecule has 0 fully saturated rings. The summed E-state index contributed by atoms with van der Waals surface area (Å²) in [5.74, 6) is -2.00. The van der Waals surface area contributed by atoms with Crippen LogP contribution in [0.25, 0.3) is 0 Å². The molecular formula is C14H16F2O5. The molecule has 0 aliphatic rings. The average molecular weight is 302 g/mol. The SMILES string of the molecule is CCOC(=O)CCc1cc(C(O)C(=O)O)ccc1C(F)F. The predicted octanol–water partition coefficient (Wildman–Crippen LogP) is 2.24. The van der Waals surface area contributed by atoms with Crippen molar-refractivity contribution in [2.24, 2.45) is 0 Å². The molecule has 0 spiro atoms. The molecule has 0 saturated heterocycles. The molecule has 2 N–H and O–H groups in total. The van der Waals surface area contributed by atoms with E-state index in [9.17, 15) is 23.5 Å². The molecule has 1 aromatic rings. The molecule has 1 rings (SSSR count). The fraction of sp³-hybridized carbons (Fsp3) is 0.429. The standard InChI is InChI=1S/C14H16F2O5/c1-2-21-11(17)6-4-8-7-9(12(18)14(19)20)3-5-10(8)13(15)16/h3,5,7,12-13,18H,2,4,6H2,1H3,(H,19,20). The molecule has 0 radical (unpaired) electrons. The number of esters is 1. The molecule has 0 aliphatic carbocycles. The second kappa shape index (κ2) is 7.68. The van der Waals surface area contributed by atoms with Crippen LogP contribution in [-0.2, 0) is 20.7 Å². The first-order valence-corrected chi connectivity index (χ1v) is 6.34. The second-order valence-electron chi connectivity index (χ2n) is 4.30. The molecule has 0 aliphatic heterocycles. The lowest BCUT2D eigenvalue weighted by Crippen LogP contribution is -2.12. The summed E-state index contributed by atoms with van der Waals surface area (Å²) in [6, 6.07) is 3.38. The summed E-state index contributed by atoms with van der Waals surface area (Å²) in [7, 11) is 0. The van der Waals surface area contributed by atoms with Crippen LogP contribution >= 0.6 is 0 Å². The quantitative estimate of drug-likeness (QED) is 0.755. The lowest BCUT2D eigenvalue weighted by Gasteiger charge is -2.13. The van der Waals surface area contributed by atoms with Gasteiger partial charge in [0, 0.05) is 12.0 Å². The minimum atomic E-state index is -2.75. The smallest absolute Gasteiger partial charge is 0.337 e. The predicted molar refractivity (Wildman–Crippen MR) is 68.9 cm³/mol. The summed E-state index contributed by atoms with van der Waals surface area (Å²) in [6.45, 7) is 1.82. The first kappa shape index (κ1) is 17.0. The van der Waals surface area contributed by atoms with E-state index in [4.69, 9.17) is 9.84 Å². The molecule has 5 nitrogen and oxygen atoms in total. The van der Waals surface area contributed by atoms with Gasteiger partial charge in [-0.15, -0.1) is 0 Å². The molecule has 116 valence electrons. The van der Waals surface area contributed by atoms with Crippen molar-refractivity contribution < 1.29 is 33.3 Å². The van der Waals surface area contributed by atoms with E-state index in [1.165, 1.54) is 6.07 Å². The third kappa shape index (κ3) is 4.78. The fourth-order valence-corrected chi connectivity index (χ4v) is 1.84. The number of aliphatic hydroxyl groups is 1. The van der Waals surface area contributed by atoms with Crippen molar-refractivity contribution in [1.29, 1.82) is 0 Å². The average Bonchev–Trinajstić information content (AvgIpc) is 2.44. The van der Waals surface area contributed by atoms with Crippen LogP contribution in [0.15, 0.2) is 18.2 Å². The number of alkyl halides is 2. The number of ether oxygens (including phenoxy) is 1. The largest absolute Gasteiger partial charge is 0.479 e. The molecule has 0 aromatic heterocycles. The van der Waals surface area contributed by atoms with Gasteiger partial charge in [-0.05, 0) is 24.5 Å². The van der Waals surface area contributed by atoms with Gasteiger partial charge in [-0.1, -0.05) is 18.2 Å². The molecule has 7 heteroatoms. The molecule has 0 bridgehead atoms. The Balaban J connectivity index is 2.99. The maximum Gasteiger partial charge on any atom is 0.337 e. The Morgan fingerprint density at radius 3 is 2.52 bits per heavy atom. The number of benzene rings is 1. The summed E-state index contributed by atoms with van der Waals surface area (Å²) >= 11 is 0. The molecule has 0 saturated carbocycles. The van der Waals surface area contributed by atoms with Crippen LogP contribution in [-0.4, -0.2) is 28.8 Å². The van der Waals surface area contributed by atoms with E-state index >= 15 is 0 Å². The maximum absolute atomic E-state index is 12.9. The highest BCUT2D eigenvalue weighted by atomic mass is 19.3. The van der Waals surface area contributed by atoms with Gasteiger partial charge in [-0.2, -0.15) is 0 Å². The lowest BCUT2D eigenvalue weighted by atomic mass is 9.97. The van der Waals surface area contributed by atoms with Crippen LogP contribution in [0.2, 0.25) is 0 Å². The highest BCUT2D eigenvalue weighted by Gasteiger charge is 2.20. The number of carboxylic acid groups (broad SMARTS) is 1. The van der Waals surface area contributed by atoms with Gasteiger partial charge in [-0.25, -0.2) is 13.6 Å². The Kier molecular flexibility index (Phi) is 6.23. The minimum absolute atomic E-state index is 0.00856. The van der Waals surface area contributed by atoms with Crippen molar-refractivity contribution >= 4 is 11.9 Å². The summed E-state index contributed by atoms with van der Waals surface area (Å²) in [6.07, 6.45) is -4.66. The summed E-state index contributed by atoms with van der Waals surface area (Å²) in [5, 5.41) is 18.2. The topological polar surface area (TPSA) is 83.8 Å². The van der Waals surface area contributed by atoms with E-state index in [1.807, 2.05) is 0 Å². The second-order valence-corrected chi connectivity index (χ2v) is 4.30. The molecule has 0 heterocycles. The van der Waals surface area contributed by atoms with Gasteiger partial charge in [0.25, 0.3) is 6.43 Å². The van der Waals surface area contributed by atoms with E-state index in [2.05, 4.69) is 0 Å². The Morgan fingerprint density at radius 2 is 2.00 bits per heavy atom. The van der Waals surface area contributed by atoms with Gasteiger partial charge >= 0.3 is 11.9 Å². The zero-order valence-electron chi connectivity index (χ0n) is 11.4. The third-order valence-electron chi connectivity index (χ3n) is 2.86. The fourth-order valence-electron chi connectivity index (χ4n) is 1.84. The van der Waals surface area contributed by atoms with Crippen LogP contribution < -0.4 is 0 Å². The Morgan fingerprint density at radius 1 is 1.33 bits per heavy atom. The van der Waals surface area contributed by atoms with E-state index in [-0.39, 0.29) is 36.1 Å². The zero-order chi connectivity index (χ0) is 16.0. The number of hydrogen-bond donors (Lipinski definition) is 2. The van der Waals surface area contributed by atoms with Crippen molar-refractivity contribution in [1.82, 2.24) is 0 Å². The van der Waals surface area contributed by atoms with E-state index in [1.54, 1.807) is 6.92 Å². The Hall–Kier alpha value is -2.02. The molecule has 0 amide bonds. The van der Waals surface area contributed by atoms with Crippen molar-refractivity contribution in [3.63, 3.8) is 0 Å². The van der Waals surface area contributed by atoms with Crippen LogP contribution in [0.4, 0.5) is 8.78 Å². The Labute approximate surface area is 120 Å². The maximum atomic E-state index is 12.9. The van der Waals surface area contributed by atoms with Crippen LogP contribution in [0.5, 0.6) is 0 Å². The van der Waals surface area contributed by atoms with Crippen LogP contribution in [0.1, 0.15) is 42.6 Å². The number of aryl methyl sites for hydroxylation is 1. The Bertz CT molecular complexity index is 516. The number of aliphatic carboxylic acids is 1. The van der Waals surface area contributed by atoms with Gasteiger partial charge in [0.1, 0.15) is 0 Å². The van der Waals surface area contributed by atoms with Gasteiger partial charge in [0.15, 0.2) is 6.10 Å². The number of carbonyl (C=O) groups excluding carboxylic acids is 1. The number of hydrogen-bond acceptors (Lipinski definition) is 4. The zero-order valence-corrected chi connectivity index (χ0v) is 11.4. The molecule has 1 atom stereocenters. The number of carboxylic acids is 1. The lowest BCUT2D eigenvalue weighted by molar-refractivity contribution is -0.147. The van der Waals surface area contributed by atoms with E-state index in [0.717, 1.165) is 12.1 Å². The third-order valence-corrected chi connectivity index (χ3v) is 2.86. The minimum Gasteiger partial charge on any atom is -0.479 e. The van der Waals surface area contributed by atoms with Crippen molar-refractivity contribution in [3.05, 3.63) is 34.9 Å². The summed E-state index contributed by atoms with van der Waals surface area (Å²) in [5.41, 5.74) is -0.178. The monoisotopic (exact) mass is 302 g/mol. The van der Waals surface area contributed by atoms with E-state index in [0.29, 0.717) is 0 Å². The van der Waals surface area contributed by atoms with Gasteiger partial charge in [-0.3, -0.25) is 4.79 Å². The van der Waals surface area contributed by atoms with E-state index < -0.39 is 24.5 Å². The highest BCUT2D eigenvalue weighted by Crippen LogP contribution is 2.27. The number of halogens is 2. The molecule has 21 heavy (non-hydrogen) atoms. The highest BCUT2D eigenvalue weighted by molar-refractivity contribution is 5.74. The van der Waals surface area contributed by atoms with Gasteiger partial charge in [0.05, 0.1) is 6.61 Å². The van der Waals surface area contributed by atoms with Gasteiger partial charge < -0.3 is 14.9 Å². The van der Waals surface area contributed by atoms with Gasteiger partial charge in [0.2, 0.25) is 0 Å². The van der Waals surface area contributed by atoms with Crippen molar-refractivity contribution in [3.8, 4) is 0 Å². The first-order chi connectivity index (χ1) is 9.86. The normalized spacial score (nSPS) is 12.2. The first-order valence-electron chi connectivity index (χ1n) is 6.34. The molecular weight excluding hydrogens is 286 g/mol. The van der Waals surface area contributed by atoms with Crippen LogP contribution in [0.3, 0.4) is 0 Å². The number of rotatable bonds is 7. The number of aliphatic hydroxyl groups excluding tert-OH is 1. The van der Waals surface area contributed by atoms with Crippen LogP contribution in [0, 0.1) is 0 Å². The number of carbonyl (C=O) groups is 2. The molecule has 1 unspecified atom stereocenters. The van der Waals surface area contributed by atoms with Crippen molar-refractivity contribution in [2.45, 2.75) is 32.3 Å². The molecule has 1 aromatic carbocycles. The van der Waals surface area contributed by atoms with Crippen molar-refractivity contribution in [2.75, 3.05) is 6.61 Å². The summed E-state index contributed by atoms with van der Waals surface area (Å²) in [4.78, 5) is 22.0. The summed E-state index contributed by atoms with van der Waals surface area (Å²) < 4.78 is 30.5.